The van der Waals surface area contributed by atoms with Crippen molar-refractivity contribution in [3.63, 3.8) is 0 Å². The van der Waals surface area contributed by atoms with E-state index in [1.54, 1.807) is 30.3 Å². The van der Waals surface area contributed by atoms with E-state index in [1.807, 2.05) is 0 Å². The third-order valence-electron chi connectivity index (χ3n) is 3.24. The van der Waals surface area contributed by atoms with Gasteiger partial charge >= 0.3 is 0 Å². The third-order valence-corrected chi connectivity index (χ3v) is 3.74. The van der Waals surface area contributed by atoms with Gasteiger partial charge in [0.05, 0.1) is 18.8 Å². The molecular weight excluding hydrogens is 339 g/mol. The fraction of sp³-hybridized carbons (Fsp3) is 0.188. The second-order valence-corrected chi connectivity index (χ2v) is 5.56. The Morgan fingerprint density at radius 3 is 2.38 bits per heavy atom. The van der Waals surface area contributed by atoms with Crippen LogP contribution in [0.25, 0.3) is 0 Å². The SMILES string of the molecule is O=C(c1ccc(C2OCCO2)cc1)c1ccc(Br)cc1F. The largest absolute Gasteiger partial charge is 0.346 e. The van der Waals surface area contributed by atoms with Crippen molar-refractivity contribution in [3.05, 3.63) is 69.4 Å². The van der Waals surface area contributed by atoms with E-state index in [1.165, 1.54) is 12.1 Å². The number of carbonyl (C=O) groups is 1. The maximum atomic E-state index is 13.8. The van der Waals surface area contributed by atoms with Crippen molar-refractivity contribution >= 4 is 21.7 Å². The monoisotopic (exact) mass is 350 g/mol. The molecule has 0 amide bonds. The summed E-state index contributed by atoms with van der Waals surface area (Å²) in [6, 6.07) is 11.2. The molecule has 1 heterocycles. The molecule has 0 N–H and O–H groups in total. The summed E-state index contributed by atoms with van der Waals surface area (Å²) in [5, 5.41) is 0. The Balaban J connectivity index is 1.84. The Bertz CT molecular complexity index is 664. The highest BCUT2D eigenvalue weighted by Gasteiger charge is 2.19. The molecule has 1 aliphatic heterocycles. The number of rotatable bonds is 3. The van der Waals surface area contributed by atoms with Crippen molar-refractivity contribution in [2.45, 2.75) is 6.29 Å². The number of benzene rings is 2. The van der Waals surface area contributed by atoms with Crippen LogP contribution in [0, 0.1) is 5.82 Å². The Morgan fingerprint density at radius 1 is 1.10 bits per heavy atom. The van der Waals surface area contributed by atoms with E-state index in [0.29, 0.717) is 23.2 Å². The highest BCUT2D eigenvalue weighted by Crippen LogP contribution is 2.24. The maximum absolute atomic E-state index is 13.8. The van der Waals surface area contributed by atoms with E-state index in [0.717, 1.165) is 5.56 Å². The van der Waals surface area contributed by atoms with E-state index < -0.39 is 5.82 Å². The van der Waals surface area contributed by atoms with Gasteiger partial charge in [-0.05, 0) is 18.2 Å². The van der Waals surface area contributed by atoms with Gasteiger partial charge in [-0.15, -0.1) is 0 Å². The van der Waals surface area contributed by atoms with Crippen LogP contribution in [0.3, 0.4) is 0 Å². The summed E-state index contributed by atoms with van der Waals surface area (Å²) in [5.74, 6) is -0.888. The van der Waals surface area contributed by atoms with Gasteiger partial charge in [0.25, 0.3) is 0 Å². The molecule has 0 radical (unpaired) electrons. The number of halogens is 2. The van der Waals surface area contributed by atoms with Gasteiger partial charge in [-0.25, -0.2) is 4.39 Å². The minimum absolute atomic E-state index is 0.0549. The van der Waals surface area contributed by atoms with Gasteiger partial charge in [0, 0.05) is 15.6 Å². The molecule has 1 aliphatic rings. The molecule has 0 atom stereocenters. The summed E-state index contributed by atoms with van der Waals surface area (Å²) in [7, 11) is 0. The van der Waals surface area contributed by atoms with Crippen LogP contribution in [0.4, 0.5) is 4.39 Å². The van der Waals surface area contributed by atoms with Crippen molar-refractivity contribution in [2.75, 3.05) is 13.2 Å². The zero-order valence-electron chi connectivity index (χ0n) is 11.0. The average Bonchev–Trinajstić information content (AvgIpc) is 3.01. The molecule has 21 heavy (non-hydrogen) atoms. The van der Waals surface area contributed by atoms with Crippen LogP contribution in [0.2, 0.25) is 0 Å². The van der Waals surface area contributed by atoms with Crippen LogP contribution in [0.15, 0.2) is 46.9 Å². The van der Waals surface area contributed by atoms with E-state index >= 15 is 0 Å². The number of hydrogen-bond donors (Lipinski definition) is 0. The quantitative estimate of drug-likeness (QED) is 0.788. The molecule has 0 aliphatic carbocycles. The van der Waals surface area contributed by atoms with Gasteiger partial charge in [0.2, 0.25) is 0 Å². The molecule has 3 rings (SSSR count). The van der Waals surface area contributed by atoms with E-state index in [4.69, 9.17) is 9.47 Å². The Morgan fingerprint density at radius 2 is 1.76 bits per heavy atom. The van der Waals surface area contributed by atoms with Gasteiger partial charge in [0.15, 0.2) is 12.1 Å². The molecule has 108 valence electrons. The van der Waals surface area contributed by atoms with Crippen LogP contribution in [0.1, 0.15) is 27.8 Å². The van der Waals surface area contributed by atoms with E-state index in [2.05, 4.69) is 15.9 Å². The molecule has 2 aromatic carbocycles. The molecule has 0 spiro atoms. The van der Waals surface area contributed by atoms with Crippen molar-refractivity contribution in [1.82, 2.24) is 0 Å². The predicted molar refractivity (Wildman–Crippen MR) is 78.6 cm³/mol. The molecule has 0 bridgehead atoms. The Labute approximate surface area is 129 Å². The maximum Gasteiger partial charge on any atom is 0.195 e. The van der Waals surface area contributed by atoms with Crippen LogP contribution in [0.5, 0.6) is 0 Å². The number of ketones is 1. The van der Waals surface area contributed by atoms with E-state index in [-0.39, 0.29) is 17.6 Å². The van der Waals surface area contributed by atoms with Crippen molar-refractivity contribution in [3.8, 4) is 0 Å². The highest BCUT2D eigenvalue weighted by atomic mass is 79.9. The molecule has 1 saturated heterocycles. The number of carbonyl (C=O) groups excluding carboxylic acids is 1. The molecule has 0 aromatic heterocycles. The first-order valence-electron chi connectivity index (χ1n) is 6.48. The Hall–Kier alpha value is -1.56. The lowest BCUT2D eigenvalue weighted by molar-refractivity contribution is -0.0441. The van der Waals surface area contributed by atoms with E-state index in [9.17, 15) is 9.18 Å². The zero-order valence-corrected chi connectivity index (χ0v) is 12.6. The lowest BCUT2D eigenvalue weighted by Gasteiger charge is -2.10. The van der Waals surface area contributed by atoms with Gasteiger partial charge in [-0.1, -0.05) is 40.2 Å². The van der Waals surface area contributed by atoms with Crippen molar-refractivity contribution in [1.29, 1.82) is 0 Å². The minimum Gasteiger partial charge on any atom is -0.346 e. The lowest BCUT2D eigenvalue weighted by atomic mass is 10.0. The Kier molecular flexibility index (Phi) is 4.14. The lowest BCUT2D eigenvalue weighted by Crippen LogP contribution is -2.05. The summed E-state index contributed by atoms with van der Waals surface area (Å²) in [5.41, 5.74) is 1.33. The summed E-state index contributed by atoms with van der Waals surface area (Å²) >= 11 is 3.17. The predicted octanol–water partition coefficient (Wildman–Crippen LogP) is 3.86. The summed E-state index contributed by atoms with van der Waals surface area (Å²) in [6.45, 7) is 1.13. The molecule has 0 unspecified atom stereocenters. The molecule has 2 aromatic rings. The van der Waals surface area contributed by atoms with Crippen LogP contribution in [-0.4, -0.2) is 19.0 Å². The number of hydrogen-bond acceptors (Lipinski definition) is 3. The highest BCUT2D eigenvalue weighted by molar-refractivity contribution is 9.10. The zero-order chi connectivity index (χ0) is 14.8. The van der Waals surface area contributed by atoms with Gasteiger partial charge in [0.1, 0.15) is 5.82 Å². The van der Waals surface area contributed by atoms with Crippen molar-refractivity contribution in [2.24, 2.45) is 0 Å². The fourth-order valence-electron chi connectivity index (χ4n) is 2.17. The van der Waals surface area contributed by atoms with Gasteiger partial charge in [-0.2, -0.15) is 0 Å². The topological polar surface area (TPSA) is 35.5 Å². The second kappa shape index (κ2) is 6.05. The minimum atomic E-state index is -0.541. The van der Waals surface area contributed by atoms with Crippen molar-refractivity contribution < 1.29 is 18.7 Å². The van der Waals surface area contributed by atoms with Crippen LogP contribution >= 0.6 is 15.9 Å². The van der Waals surface area contributed by atoms with Gasteiger partial charge in [-0.3, -0.25) is 4.79 Å². The molecule has 3 nitrogen and oxygen atoms in total. The third kappa shape index (κ3) is 3.05. The molecular formula is C16H12BrFO3. The second-order valence-electron chi connectivity index (χ2n) is 4.65. The average molecular weight is 351 g/mol. The fourth-order valence-corrected chi connectivity index (χ4v) is 2.50. The smallest absolute Gasteiger partial charge is 0.195 e. The van der Waals surface area contributed by atoms with Crippen LogP contribution in [-0.2, 0) is 9.47 Å². The normalized spacial score (nSPS) is 15.3. The molecule has 5 heteroatoms. The summed E-state index contributed by atoms with van der Waals surface area (Å²) in [6.07, 6.45) is -0.376. The first-order chi connectivity index (χ1) is 10.1. The first-order valence-corrected chi connectivity index (χ1v) is 7.27. The van der Waals surface area contributed by atoms with Crippen LogP contribution < -0.4 is 0 Å². The summed E-state index contributed by atoms with van der Waals surface area (Å²) in [4.78, 5) is 12.3. The first kappa shape index (κ1) is 14.4. The molecule has 1 fully saturated rings. The van der Waals surface area contributed by atoms with Gasteiger partial charge < -0.3 is 9.47 Å². The standard InChI is InChI=1S/C16H12BrFO3/c17-12-5-6-13(14(18)9-12)15(19)10-1-3-11(4-2-10)16-20-7-8-21-16/h1-6,9,16H,7-8H2. The molecule has 0 saturated carbocycles. The number of ether oxygens (including phenoxy) is 2. The summed E-state index contributed by atoms with van der Waals surface area (Å²) < 4.78 is 25.2.